The van der Waals surface area contributed by atoms with Gasteiger partial charge in [-0.1, -0.05) is 36.4 Å². The van der Waals surface area contributed by atoms with Crippen LogP contribution in [-0.2, 0) is 22.2 Å². The van der Waals surface area contributed by atoms with Crippen molar-refractivity contribution in [2.45, 2.75) is 17.3 Å². The Bertz CT molecular complexity index is 1420. The first-order valence-electron chi connectivity index (χ1n) is 10.4. The minimum Gasteiger partial charge on any atom is -0.489 e. The number of sulfone groups is 1. The van der Waals surface area contributed by atoms with Crippen LogP contribution in [0.2, 0.25) is 0 Å². The van der Waals surface area contributed by atoms with E-state index in [9.17, 15) is 13.2 Å². The third-order valence-corrected chi connectivity index (χ3v) is 7.85. The van der Waals surface area contributed by atoms with Gasteiger partial charge in [-0.05, 0) is 29.1 Å². The maximum Gasteiger partial charge on any atom is 0.254 e. The van der Waals surface area contributed by atoms with E-state index in [1.165, 1.54) is 23.6 Å². The number of rotatable bonds is 9. The number of ether oxygens (including phenoxy) is 1. The number of carbonyl (C=O) groups excluding carboxylic acids is 1. The smallest absolute Gasteiger partial charge is 0.254 e. The van der Waals surface area contributed by atoms with Crippen LogP contribution < -0.4 is 15.8 Å². The van der Waals surface area contributed by atoms with Crippen molar-refractivity contribution in [3.8, 4) is 5.75 Å². The predicted octanol–water partition coefficient (Wildman–Crippen LogP) is 3.15. The Morgan fingerprint density at radius 1 is 1.15 bits per heavy atom. The fraction of sp³-hybridized carbons (Fsp3) is 0.167. The number of nitrogen functional groups attached to an aromatic ring is 1. The van der Waals surface area contributed by atoms with Crippen molar-refractivity contribution < 1.29 is 23.1 Å². The van der Waals surface area contributed by atoms with Gasteiger partial charge in [-0.15, -0.1) is 11.3 Å². The number of nitrogens with zero attached hydrogens (tertiary/aromatic N) is 1. The highest BCUT2D eigenvalue weighted by Gasteiger charge is 2.19. The quantitative estimate of drug-likeness (QED) is 0.324. The summed E-state index contributed by atoms with van der Waals surface area (Å²) >= 11 is 1.34. The van der Waals surface area contributed by atoms with Crippen LogP contribution in [0.25, 0.3) is 10.1 Å². The number of carbonyl (C=O) groups is 1. The third kappa shape index (κ3) is 5.19. The number of hydrogen-bond acceptors (Lipinski definition) is 8. The van der Waals surface area contributed by atoms with E-state index in [0.717, 1.165) is 5.56 Å². The molecule has 34 heavy (non-hydrogen) atoms. The first-order chi connectivity index (χ1) is 16.4. The SMILES string of the molecule is Nc1ncc(C(=O)NCCO)c2scc(COc3cccc(S(=O)(=O)Cc4ccccc4)c3)c12. The molecule has 0 radical (unpaired) electrons. The Morgan fingerprint density at radius 2 is 1.94 bits per heavy atom. The van der Waals surface area contributed by atoms with Crippen molar-refractivity contribution in [3.05, 3.63) is 82.9 Å². The van der Waals surface area contributed by atoms with Crippen LogP contribution in [0.5, 0.6) is 5.75 Å². The highest BCUT2D eigenvalue weighted by atomic mass is 32.2. The lowest BCUT2D eigenvalue weighted by molar-refractivity contribution is 0.0946. The summed E-state index contributed by atoms with van der Waals surface area (Å²) in [7, 11) is -3.54. The van der Waals surface area contributed by atoms with Gasteiger partial charge < -0.3 is 20.9 Å². The maximum absolute atomic E-state index is 12.9. The molecule has 8 nitrogen and oxygen atoms in total. The molecule has 2 aromatic heterocycles. The van der Waals surface area contributed by atoms with Crippen molar-refractivity contribution in [2.24, 2.45) is 0 Å². The molecular formula is C24H23N3O5S2. The van der Waals surface area contributed by atoms with E-state index in [1.807, 2.05) is 11.4 Å². The monoisotopic (exact) mass is 497 g/mol. The van der Waals surface area contributed by atoms with E-state index in [2.05, 4.69) is 10.3 Å². The second kappa shape index (κ2) is 10.2. The van der Waals surface area contributed by atoms with Crippen molar-refractivity contribution in [1.82, 2.24) is 10.3 Å². The van der Waals surface area contributed by atoms with E-state index >= 15 is 0 Å². The van der Waals surface area contributed by atoms with Crippen LogP contribution in [-0.4, -0.2) is 37.6 Å². The second-order valence-electron chi connectivity index (χ2n) is 7.51. The number of nitrogens with two attached hydrogens (primary N) is 1. The number of aliphatic hydroxyl groups excluding tert-OH is 1. The lowest BCUT2D eigenvalue weighted by atomic mass is 10.1. The van der Waals surface area contributed by atoms with E-state index in [1.54, 1.807) is 42.5 Å². The van der Waals surface area contributed by atoms with E-state index in [4.69, 9.17) is 15.6 Å². The largest absolute Gasteiger partial charge is 0.489 e. The molecule has 4 aromatic rings. The summed E-state index contributed by atoms with van der Waals surface area (Å²) in [6.45, 7) is 0.0896. The molecule has 0 bridgehead atoms. The van der Waals surface area contributed by atoms with Crippen molar-refractivity contribution in [2.75, 3.05) is 18.9 Å². The molecule has 0 spiro atoms. The van der Waals surface area contributed by atoms with Crippen LogP contribution in [0, 0.1) is 0 Å². The Morgan fingerprint density at radius 3 is 2.71 bits per heavy atom. The molecule has 2 aromatic carbocycles. The molecule has 0 fully saturated rings. The zero-order valence-electron chi connectivity index (χ0n) is 18.1. The molecule has 0 aliphatic heterocycles. The first kappa shape index (κ1) is 23.7. The second-order valence-corrected chi connectivity index (χ2v) is 10.4. The summed E-state index contributed by atoms with van der Waals surface area (Å²) in [5.74, 6) is 0.220. The Balaban J connectivity index is 1.54. The zero-order chi connectivity index (χ0) is 24.1. The summed E-state index contributed by atoms with van der Waals surface area (Å²) in [4.78, 5) is 16.7. The van der Waals surface area contributed by atoms with E-state index < -0.39 is 9.84 Å². The van der Waals surface area contributed by atoms with Crippen molar-refractivity contribution in [1.29, 1.82) is 0 Å². The van der Waals surface area contributed by atoms with Crippen LogP contribution in [0.1, 0.15) is 21.5 Å². The zero-order valence-corrected chi connectivity index (χ0v) is 19.7. The number of amides is 1. The lowest BCUT2D eigenvalue weighted by Crippen LogP contribution is -2.26. The van der Waals surface area contributed by atoms with Crippen LogP contribution in [0.3, 0.4) is 0 Å². The number of aromatic nitrogens is 1. The summed E-state index contributed by atoms with van der Waals surface area (Å²) in [5, 5.41) is 14.0. The van der Waals surface area contributed by atoms with Gasteiger partial charge in [0.15, 0.2) is 9.84 Å². The third-order valence-electron chi connectivity index (χ3n) is 5.10. The number of pyridine rings is 1. The molecular weight excluding hydrogens is 474 g/mol. The molecule has 0 atom stereocenters. The minimum atomic E-state index is -3.54. The van der Waals surface area contributed by atoms with E-state index in [-0.39, 0.29) is 42.1 Å². The summed E-state index contributed by atoms with van der Waals surface area (Å²) in [5.41, 5.74) is 7.89. The van der Waals surface area contributed by atoms with Gasteiger partial charge in [-0.3, -0.25) is 4.79 Å². The van der Waals surface area contributed by atoms with Gasteiger partial charge in [0.25, 0.3) is 5.91 Å². The summed E-state index contributed by atoms with van der Waals surface area (Å²) < 4.78 is 32.3. The molecule has 0 saturated carbocycles. The molecule has 2 heterocycles. The number of thiophene rings is 1. The van der Waals surface area contributed by atoms with Crippen LogP contribution in [0.15, 0.2) is 71.1 Å². The average Bonchev–Trinajstić information content (AvgIpc) is 3.27. The highest BCUT2D eigenvalue weighted by Crippen LogP contribution is 2.33. The maximum atomic E-state index is 12.9. The number of fused-ring (bicyclic) bond motifs is 1. The molecule has 4 rings (SSSR count). The Kier molecular flexibility index (Phi) is 7.11. The van der Waals surface area contributed by atoms with Gasteiger partial charge in [0, 0.05) is 23.7 Å². The molecule has 1 amide bonds. The summed E-state index contributed by atoms with van der Waals surface area (Å²) in [6, 6.07) is 15.4. The minimum absolute atomic E-state index is 0.101. The number of aliphatic hydroxyl groups is 1. The van der Waals surface area contributed by atoms with E-state index in [0.29, 0.717) is 27.0 Å². The Labute approximate surface area is 200 Å². The number of nitrogens with one attached hydrogen (secondary N) is 1. The molecule has 4 N–H and O–H groups in total. The van der Waals surface area contributed by atoms with Crippen molar-refractivity contribution in [3.63, 3.8) is 0 Å². The van der Waals surface area contributed by atoms with Gasteiger partial charge in [0.2, 0.25) is 0 Å². The van der Waals surface area contributed by atoms with Gasteiger partial charge in [0.05, 0.1) is 27.5 Å². The highest BCUT2D eigenvalue weighted by molar-refractivity contribution is 7.90. The van der Waals surface area contributed by atoms with Crippen molar-refractivity contribution >= 4 is 43.0 Å². The topological polar surface area (TPSA) is 132 Å². The lowest BCUT2D eigenvalue weighted by Gasteiger charge is -2.10. The van der Waals surface area contributed by atoms with Crippen LogP contribution in [0.4, 0.5) is 5.82 Å². The van der Waals surface area contributed by atoms with Gasteiger partial charge >= 0.3 is 0 Å². The van der Waals surface area contributed by atoms with Gasteiger partial charge in [0.1, 0.15) is 18.2 Å². The fourth-order valence-electron chi connectivity index (χ4n) is 3.46. The van der Waals surface area contributed by atoms with Gasteiger partial charge in [-0.2, -0.15) is 0 Å². The summed E-state index contributed by atoms with van der Waals surface area (Å²) in [6.07, 6.45) is 1.41. The number of hydrogen-bond donors (Lipinski definition) is 3. The predicted molar refractivity (Wildman–Crippen MR) is 132 cm³/mol. The van der Waals surface area contributed by atoms with Crippen LogP contribution >= 0.6 is 11.3 Å². The normalized spacial score (nSPS) is 11.4. The molecule has 10 heteroatoms. The number of benzene rings is 2. The molecule has 0 aliphatic rings. The molecule has 0 saturated heterocycles. The fourth-order valence-corrected chi connectivity index (χ4v) is 5.91. The standard InChI is InChI=1S/C24H23N3O5S2/c25-23-21-17(14-33-22(21)20(12-27-23)24(29)26-9-10-28)13-32-18-7-4-8-19(11-18)34(30,31)15-16-5-2-1-3-6-16/h1-8,11-12,14,28H,9-10,13,15H2,(H2,25,27)(H,26,29). The molecule has 176 valence electrons. The van der Waals surface area contributed by atoms with Gasteiger partial charge in [-0.25, -0.2) is 13.4 Å². The Hall–Kier alpha value is -3.47. The first-order valence-corrected chi connectivity index (χ1v) is 13.0. The number of anilines is 1. The average molecular weight is 498 g/mol. The molecule has 0 aliphatic carbocycles. The molecule has 0 unspecified atom stereocenters.